The molecule has 0 radical (unpaired) electrons. The van der Waals surface area contributed by atoms with Gasteiger partial charge in [-0.15, -0.1) is 0 Å². The van der Waals surface area contributed by atoms with Crippen molar-refractivity contribution in [3.8, 4) is 5.75 Å². The van der Waals surface area contributed by atoms with Crippen LogP contribution in [0.25, 0.3) is 0 Å². The summed E-state index contributed by atoms with van der Waals surface area (Å²) in [5.74, 6) is 0.201. The fraction of sp³-hybridized carbons (Fsp3) is 0.444. The Morgan fingerprint density at radius 2 is 1.60 bits per heavy atom. The normalized spacial score (nSPS) is 17.8. The van der Waals surface area contributed by atoms with E-state index >= 15 is 0 Å². The fourth-order valence-electron chi connectivity index (χ4n) is 5.15. The number of halogens is 6. The Bertz CT molecular complexity index is 1500. The average Bonchev–Trinajstić information content (AvgIpc) is 3.47. The van der Waals surface area contributed by atoms with Gasteiger partial charge in [-0.2, -0.15) is 31.4 Å². The number of rotatable bonds is 6. The summed E-state index contributed by atoms with van der Waals surface area (Å²) in [5, 5.41) is 4.24. The van der Waals surface area contributed by atoms with E-state index in [2.05, 4.69) is 15.1 Å². The van der Waals surface area contributed by atoms with Gasteiger partial charge in [0.1, 0.15) is 17.4 Å². The van der Waals surface area contributed by atoms with E-state index in [9.17, 15) is 35.9 Å². The number of nitrogens with zero attached hydrogens (tertiary/aromatic N) is 7. The summed E-state index contributed by atoms with van der Waals surface area (Å²) in [4.78, 5) is 38.6. The number of anilines is 2. The van der Waals surface area contributed by atoms with Gasteiger partial charge in [-0.3, -0.25) is 9.59 Å². The highest BCUT2D eigenvalue weighted by atomic mass is 19.4. The van der Waals surface area contributed by atoms with Crippen LogP contribution in [0.3, 0.4) is 0 Å². The molecule has 1 amide bonds. The number of amides is 1. The first-order chi connectivity index (χ1) is 20.3. The molecule has 10 nitrogen and oxygen atoms in total. The number of hydrogen-bond acceptors (Lipinski definition) is 8. The zero-order chi connectivity index (χ0) is 30.9. The zero-order valence-electron chi connectivity index (χ0n) is 22.9. The van der Waals surface area contributed by atoms with Gasteiger partial charge in [-0.05, 0) is 30.5 Å². The number of aromatic nitrogens is 4. The number of hydrogen-bond donors (Lipinski definition) is 0. The second kappa shape index (κ2) is 11.7. The first-order valence-corrected chi connectivity index (χ1v) is 13.4. The molecule has 0 bridgehead atoms. The molecule has 2 aromatic heterocycles. The van der Waals surface area contributed by atoms with Crippen LogP contribution >= 0.6 is 0 Å². The van der Waals surface area contributed by atoms with Gasteiger partial charge in [0.25, 0.3) is 5.56 Å². The van der Waals surface area contributed by atoms with E-state index in [4.69, 9.17) is 4.74 Å². The van der Waals surface area contributed by atoms with E-state index in [0.29, 0.717) is 42.6 Å². The first-order valence-electron chi connectivity index (χ1n) is 13.4. The summed E-state index contributed by atoms with van der Waals surface area (Å²) in [5.41, 5.74) is -3.11. The SMILES string of the molecule is COc1ccc(Cn2nc(N3CCC[C@H]3C(=O)N3CCN(c4ncc(C(F)(F)F)cn4)CC3)cc(C(F)(F)F)c2=O)cc1. The average molecular weight is 612 g/mol. The number of alkyl halides is 6. The van der Waals surface area contributed by atoms with E-state index < -0.39 is 35.1 Å². The molecular weight excluding hydrogens is 584 g/mol. The van der Waals surface area contributed by atoms with Crippen molar-refractivity contribution in [1.82, 2.24) is 24.6 Å². The quantitative estimate of drug-likeness (QED) is 0.392. The molecule has 1 atom stereocenters. The number of ether oxygens (including phenoxy) is 1. The Hall–Kier alpha value is -4.37. The summed E-state index contributed by atoms with van der Waals surface area (Å²) in [6, 6.07) is 6.36. The minimum absolute atomic E-state index is 0.102. The third kappa shape index (κ3) is 6.51. The minimum atomic E-state index is -4.94. The maximum Gasteiger partial charge on any atom is 0.421 e. The Morgan fingerprint density at radius 3 is 2.19 bits per heavy atom. The van der Waals surface area contributed by atoms with Crippen molar-refractivity contribution < 1.29 is 35.9 Å². The lowest BCUT2D eigenvalue weighted by Crippen LogP contribution is -2.54. The molecule has 16 heteroatoms. The fourth-order valence-corrected chi connectivity index (χ4v) is 5.15. The largest absolute Gasteiger partial charge is 0.497 e. The molecule has 5 rings (SSSR count). The van der Waals surface area contributed by atoms with Gasteiger partial charge in [0.15, 0.2) is 5.82 Å². The van der Waals surface area contributed by atoms with Gasteiger partial charge in [-0.1, -0.05) is 12.1 Å². The molecule has 43 heavy (non-hydrogen) atoms. The first kappa shape index (κ1) is 30.1. The van der Waals surface area contributed by atoms with E-state index in [1.54, 1.807) is 34.1 Å². The van der Waals surface area contributed by atoms with Crippen LogP contribution in [0.5, 0.6) is 5.75 Å². The molecule has 0 N–H and O–H groups in total. The highest BCUT2D eigenvalue weighted by molar-refractivity contribution is 5.86. The van der Waals surface area contributed by atoms with Gasteiger partial charge in [-0.25, -0.2) is 14.6 Å². The van der Waals surface area contributed by atoms with Crippen molar-refractivity contribution in [3.63, 3.8) is 0 Å². The number of carbonyl (C=O) groups is 1. The molecule has 0 aliphatic carbocycles. The second-order valence-electron chi connectivity index (χ2n) is 10.2. The van der Waals surface area contributed by atoms with E-state index in [0.717, 1.165) is 4.68 Å². The van der Waals surface area contributed by atoms with Crippen molar-refractivity contribution in [2.75, 3.05) is 49.6 Å². The summed E-state index contributed by atoms with van der Waals surface area (Å²) in [6.45, 7) is 0.985. The van der Waals surface area contributed by atoms with Crippen LogP contribution in [0, 0.1) is 0 Å². The van der Waals surface area contributed by atoms with Gasteiger partial charge in [0.05, 0.1) is 19.2 Å². The van der Waals surface area contributed by atoms with Crippen LogP contribution in [0.15, 0.2) is 47.5 Å². The van der Waals surface area contributed by atoms with Crippen LogP contribution in [-0.4, -0.2) is 76.4 Å². The predicted octanol–water partition coefficient (Wildman–Crippen LogP) is 3.45. The Labute approximate surface area is 241 Å². The molecule has 0 spiro atoms. The summed E-state index contributed by atoms with van der Waals surface area (Å²) >= 11 is 0. The van der Waals surface area contributed by atoms with Gasteiger partial charge < -0.3 is 19.4 Å². The van der Waals surface area contributed by atoms with Crippen LogP contribution in [0.2, 0.25) is 0 Å². The molecule has 0 unspecified atom stereocenters. The maximum atomic E-state index is 13.9. The molecular formula is C27H27F6N7O3. The van der Waals surface area contributed by atoms with Gasteiger partial charge in [0, 0.05) is 51.2 Å². The standard InChI is InChI=1S/C27H27F6N7O3/c1-43-19-6-4-17(5-7-19)16-40-23(41)20(27(31,32)33)13-22(36-40)39-8-2-3-21(39)24(42)37-9-11-38(12-10-37)25-34-14-18(15-35-25)26(28,29)30/h4-7,13-15,21H,2-3,8-12,16H2,1H3/t21-/m0/s1. The third-order valence-electron chi connectivity index (χ3n) is 7.43. The molecule has 2 aliphatic heterocycles. The Morgan fingerprint density at radius 1 is 0.953 bits per heavy atom. The van der Waals surface area contributed by atoms with Crippen molar-refractivity contribution in [2.45, 2.75) is 37.8 Å². The lowest BCUT2D eigenvalue weighted by molar-refractivity contribution is -0.139. The molecule has 2 fully saturated rings. The Balaban J connectivity index is 1.33. The summed E-state index contributed by atoms with van der Waals surface area (Å²) in [6.07, 6.45) is -7.20. The number of carbonyl (C=O) groups excluding carboxylic acids is 1. The molecule has 0 saturated carbocycles. The number of piperazine rings is 1. The minimum Gasteiger partial charge on any atom is -0.497 e. The second-order valence-corrected chi connectivity index (χ2v) is 10.2. The lowest BCUT2D eigenvalue weighted by Gasteiger charge is -2.37. The highest BCUT2D eigenvalue weighted by Crippen LogP contribution is 2.32. The van der Waals surface area contributed by atoms with Crippen molar-refractivity contribution in [2.24, 2.45) is 0 Å². The molecule has 4 heterocycles. The molecule has 1 aromatic carbocycles. The van der Waals surface area contributed by atoms with Crippen molar-refractivity contribution >= 4 is 17.7 Å². The predicted molar refractivity (Wildman–Crippen MR) is 142 cm³/mol. The number of benzene rings is 1. The highest BCUT2D eigenvalue weighted by Gasteiger charge is 2.40. The number of methoxy groups -OCH3 is 1. The monoisotopic (exact) mass is 611 g/mol. The maximum absolute atomic E-state index is 13.9. The topological polar surface area (TPSA) is 96.7 Å². The zero-order valence-corrected chi connectivity index (χ0v) is 22.9. The summed E-state index contributed by atoms with van der Waals surface area (Å²) < 4.78 is 86.1. The van der Waals surface area contributed by atoms with E-state index in [1.165, 1.54) is 12.0 Å². The molecule has 230 valence electrons. The molecule has 2 saturated heterocycles. The smallest absolute Gasteiger partial charge is 0.421 e. The van der Waals surface area contributed by atoms with Gasteiger partial charge >= 0.3 is 12.4 Å². The van der Waals surface area contributed by atoms with Crippen molar-refractivity contribution in [3.05, 3.63) is 69.8 Å². The van der Waals surface area contributed by atoms with Crippen LogP contribution in [-0.2, 0) is 23.7 Å². The van der Waals surface area contributed by atoms with Crippen LogP contribution in [0.1, 0.15) is 29.5 Å². The Kier molecular flexibility index (Phi) is 8.21. The molecule has 3 aromatic rings. The van der Waals surface area contributed by atoms with Crippen LogP contribution in [0.4, 0.5) is 38.1 Å². The van der Waals surface area contributed by atoms with E-state index in [-0.39, 0.29) is 56.9 Å². The lowest BCUT2D eigenvalue weighted by atomic mass is 10.1. The molecule has 2 aliphatic rings. The third-order valence-corrected chi connectivity index (χ3v) is 7.43. The van der Waals surface area contributed by atoms with Crippen molar-refractivity contribution in [1.29, 1.82) is 0 Å². The summed E-state index contributed by atoms with van der Waals surface area (Å²) in [7, 11) is 1.47. The van der Waals surface area contributed by atoms with E-state index in [1.807, 2.05) is 0 Å². The van der Waals surface area contributed by atoms with Crippen LogP contribution < -0.4 is 20.1 Å². The van der Waals surface area contributed by atoms with Gasteiger partial charge in [0.2, 0.25) is 11.9 Å².